The fourth-order valence-corrected chi connectivity index (χ4v) is 1.99. The molecule has 0 bridgehead atoms. The third-order valence-electron chi connectivity index (χ3n) is 2.89. The molecule has 0 aliphatic rings. The molecule has 0 saturated carbocycles. The van der Waals surface area contributed by atoms with Gasteiger partial charge in [0.05, 0.1) is 11.1 Å². The highest BCUT2D eigenvalue weighted by Crippen LogP contribution is 2.30. The summed E-state index contributed by atoms with van der Waals surface area (Å²) < 4.78 is 5.68. The third kappa shape index (κ3) is 2.04. The van der Waals surface area contributed by atoms with Gasteiger partial charge in [-0.05, 0) is 24.3 Å². The first-order valence-electron chi connectivity index (χ1n) is 5.80. The van der Waals surface area contributed by atoms with Gasteiger partial charge < -0.3 is 14.8 Å². The first-order valence-corrected chi connectivity index (χ1v) is 5.80. The maximum atomic E-state index is 10.9. The maximum Gasteiger partial charge on any atom is 0.200 e. The minimum Gasteiger partial charge on any atom is -0.494 e. The maximum absolute atomic E-state index is 10.9. The zero-order valence-electron chi connectivity index (χ0n) is 9.96. The predicted molar refractivity (Wildman–Crippen MR) is 71.9 cm³/mol. The van der Waals surface area contributed by atoms with E-state index in [9.17, 15) is 9.90 Å². The Hall–Kier alpha value is -2.75. The van der Waals surface area contributed by atoms with Gasteiger partial charge in [-0.2, -0.15) is 0 Å². The molecule has 0 amide bonds. The SMILES string of the molecule is O=Cc1c(O)[nH]c2cc(Oc3ccccc3)ccc12. The third-order valence-corrected chi connectivity index (χ3v) is 2.89. The number of H-pyrrole nitrogens is 1. The topological polar surface area (TPSA) is 62.3 Å². The molecular weight excluding hydrogens is 242 g/mol. The van der Waals surface area contributed by atoms with Crippen molar-refractivity contribution in [2.45, 2.75) is 0 Å². The largest absolute Gasteiger partial charge is 0.494 e. The minimum absolute atomic E-state index is 0.123. The van der Waals surface area contributed by atoms with Gasteiger partial charge in [-0.3, -0.25) is 4.79 Å². The van der Waals surface area contributed by atoms with Crippen molar-refractivity contribution in [3.8, 4) is 17.4 Å². The van der Waals surface area contributed by atoms with E-state index in [1.807, 2.05) is 30.3 Å². The normalized spacial score (nSPS) is 10.5. The number of hydrogen-bond acceptors (Lipinski definition) is 3. The van der Waals surface area contributed by atoms with E-state index < -0.39 is 0 Å². The lowest BCUT2D eigenvalue weighted by molar-refractivity contribution is 0.112. The van der Waals surface area contributed by atoms with Crippen molar-refractivity contribution in [1.29, 1.82) is 0 Å². The van der Waals surface area contributed by atoms with E-state index in [0.717, 1.165) is 5.75 Å². The highest BCUT2D eigenvalue weighted by molar-refractivity contribution is 6.00. The number of ether oxygens (including phenoxy) is 1. The monoisotopic (exact) mass is 253 g/mol. The Morgan fingerprint density at radius 1 is 1.05 bits per heavy atom. The number of aromatic hydroxyl groups is 1. The van der Waals surface area contributed by atoms with Crippen molar-refractivity contribution in [3.05, 3.63) is 54.1 Å². The van der Waals surface area contributed by atoms with Gasteiger partial charge in [0.15, 0.2) is 12.2 Å². The van der Waals surface area contributed by atoms with Crippen LogP contribution in [0.5, 0.6) is 17.4 Å². The van der Waals surface area contributed by atoms with Gasteiger partial charge in [-0.25, -0.2) is 0 Å². The Balaban J connectivity index is 2.01. The summed E-state index contributed by atoms with van der Waals surface area (Å²) in [5.74, 6) is 1.24. The number of aromatic nitrogens is 1. The molecule has 0 saturated heterocycles. The van der Waals surface area contributed by atoms with Crippen LogP contribution in [-0.2, 0) is 0 Å². The lowest BCUT2D eigenvalue weighted by Gasteiger charge is -2.05. The fraction of sp³-hybridized carbons (Fsp3) is 0. The fourth-order valence-electron chi connectivity index (χ4n) is 1.99. The molecule has 0 aliphatic carbocycles. The van der Waals surface area contributed by atoms with Crippen LogP contribution < -0.4 is 4.74 Å². The van der Waals surface area contributed by atoms with E-state index >= 15 is 0 Å². The smallest absolute Gasteiger partial charge is 0.200 e. The molecule has 2 N–H and O–H groups in total. The molecule has 1 aromatic heterocycles. The summed E-state index contributed by atoms with van der Waals surface area (Å²) >= 11 is 0. The molecule has 0 radical (unpaired) electrons. The van der Waals surface area contributed by atoms with Gasteiger partial charge in [0, 0.05) is 11.5 Å². The van der Waals surface area contributed by atoms with Crippen LogP contribution >= 0.6 is 0 Å². The quantitative estimate of drug-likeness (QED) is 0.702. The van der Waals surface area contributed by atoms with Crippen LogP contribution in [0.1, 0.15) is 10.4 Å². The van der Waals surface area contributed by atoms with Crippen LogP contribution in [0, 0.1) is 0 Å². The van der Waals surface area contributed by atoms with E-state index in [4.69, 9.17) is 4.74 Å². The number of aromatic amines is 1. The van der Waals surface area contributed by atoms with Crippen molar-refractivity contribution in [3.63, 3.8) is 0 Å². The van der Waals surface area contributed by atoms with Crippen molar-refractivity contribution in [2.75, 3.05) is 0 Å². The molecule has 4 nitrogen and oxygen atoms in total. The van der Waals surface area contributed by atoms with Crippen LogP contribution in [0.2, 0.25) is 0 Å². The summed E-state index contributed by atoms with van der Waals surface area (Å²) in [4.78, 5) is 13.6. The summed E-state index contributed by atoms with van der Waals surface area (Å²) in [6.07, 6.45) is 0.631. The lowest BCUT2D eigenvalue weighted by Crippen LogP contribution is -1.83. The van der Waals surface area contributed by atoms with Gasteiger partial charge in [-0.15, -0.1) is 0 Å². The second-order valence-electron chi connectivity index (χ2n) is 4.13. The summed E-state index contributed by atoms with van der Waals surface area (Å²) in [6, 6.07) is 14.6. The molecule has 2 aromatic carbocycles. The van der Waals surface area contributed by atoms with Crippen molar-refractivity contribution >= 4 is 17.2 Å². The number of para-hydroxylation sites is 1. The van der Waals surface area contributed by atoms with Gasteiger partial charge in [0.2, 0.25) is 0 Å². The Bertz CT molecular complexity index is 732. The number of aldehydes is 1. The zero-order chi connectivity index (χ0) is 13.2. The molecule has 0 spiro atoms. The number of nitrogens with one attached hydrogen (secondary N) is 1. The molecular formula is C15H11NO3. The van der Waals surface area contributed by atoms with Crippen molar-refractivity contribution < 1.29 is 14.6 Å². The average molecular weight is 253 g/mol. The highest BCUT2D eigenvalue weighted by atomic mass is 16.5. The van der Waals surface area contributed by atoms with Crippen LogP contribution in [0.4, 0.5) is 0 Å². The number of rotatable bonds is 3. The molecule has 19 heavy (non-hydrogen) atoms. The number of fused-ring (bicyclic) bond motifs is 1. The lowest BCUT2D eigenvalue weighted by atomic mass is 10.2. The molecule has 4 heteroatoms. The van der Waals surface area contributed by atoms with Gasteiger partial charge in [0.1, 0.15) is 11.5 Å². The van der Waals surface area contributed by atoms with Crippen molar-refractivity contribution in [1.82, 2.24) is 4.98 Å². The molecule has 3 aromatic rings. The van der Waals surface area contributed by atoms with Crippen LogP contribution in [0.25, 0.3) is 10.9 Å². The van der Waals surface area contributed by atoms with Gasteiger partial charge >= 0.3 is 0 Å². The molecule has 0 unspecified atom stereocenters. The van der Waals surface area contributed by atoms with Gasteiger partial charge in [0.25, 0.3) is 0 Å². The van der Waals surface area contributed by atoms with Crippen LogP contribution in [0.15, 0.2) is 48.5 Å². The average Bonchev–Trinajstić information content (AvgIpc) is 2.74. The van der Waals surface area contributed by atoms with E-state index in [2.05, 4.69) is 4.98 Å². The number of benzene rings is 2. The summed E-state index contributed by atoms with van der Waals surface area (Å²) in [5, 5.41) is 10.3. The highest BCUT2D eigenvalue weighted by Gasteiger charge is 2.10. The van der Waals surface area contributed by atoms with E-state index in [1.54, 1.807) is 18.2 Å². The Morgan fingerprint density at radius 3 is 2.58 bits per heavy atom. The molecule has 0 fully saturated rings. The molecule has 0 aliphatic heterocycles. The van der Waals surface area contributed by atoms with Gasteiger partial charge in [-0.1, -0.05) is 18.2 Å². The molecule has 3 rings (SSSR count). The zero-order valence-corrected chi connectivity index (χ0v) is 9.96. The number of carbonyl (C=O) groups is 1. The minimum atomic E-state index is -0.123. The van der Waals surface area contributed by atoms with Crippen LogP contribution in [0.3, 0.4) is 0 Å². The molecule has 1 heterocycles. The van der Waals surface area contributed by atoms with E-state index in [0.29, 0.717) is 22.9 Å². The van der Waals surface area contributed by atoms with Crippen LogP contribution in [-0.4, -0.2) is 16.4 Å². The predicted octanol–water partition coefficient (Wildman–Crippen LogP) is 3.48. The standard InChI is InChI=1S/C15H11NO3/c17-9-13-12-7-6-11(8-14(12)16-15(13)18)19-10-4-2-1-3-5-10/h1-9,16,18H. The summed E-state index contributed by atoms with van der Waals surface area (Å²) in [5.41, 5.74) is 0.925. The second-order valence-corrected chi connectivity index (χ2v) is 4.13. The number of hydrogen-bond donors (Lipinski definition) is 2. The first-order chi connectivity index (χ1) is 9.28. The molecule has 94 valence electrons. The molecule has 0 atom stereocenters. The van der Waals surface area contributed by atoms with Crippen molar-refractivity contribution in [2.24, 2.45) is 0 Å². The Morgan fingerprint density at radius 2 is 1.84 bits per heavy atom. The first kappa shape index (κ1) is 11.3. The Labute approximate surface area is 109 Å². The second kappa shape index (κ2) is 4.49. The number of carbonyl (C=O) groups excluding carboxylic acids is 1. The summed E-state index contributed by atoms with van der Waals surface area (Å²) in [7, 11) is 0. The summed E-state index contributed by atoms with van der Waals surface area (Å²) in [6.45, 7) is 0. The van der Waals surface area contributed by atoms with E-state index in [1.165, 1.54) is 0 Å². The van der Waals surface area contributed by atoms with E-state index in [-0.39, 0.29) is 11.4 Å². The Kier molecular flexibility index (Phi) is 2.68.